The van der Waals surface area contributed by atoms with E-state index >= 15 is 0 Å². The molecule has 3 nitrogen and oxygen atoms in total. The molecule has 0 saturated heterocycles. The normalized spacial score (nSPS) is 12.8. The summed E-state index contributed by atoms with van der Waals surface area (Å²) in [5, 5.41) is 13.4. The summed E-state index contributed by atoms with van der Waals surface area (Å²) in [5.74, 6) is 0.478. The second-order valence-electron chi connectivity index (χ2n) is 4.59. The number of anilines is 1. The molecule has 1 atom stereocenters. The van der Waals surface area contributed by atoms with Gasteiger partial charge in [0.15, 0.2) is 0 Å². The van der Waals surface area contributed by atoms with Crippen LogP contribution in [0.4, 0.5) is 5.69 Å². The maximum absolute atomic E-state index is 9.73. The lowest BCUT2D eigenvalue weighted by Crippen LogP contribution is -2.25. The van der Waals surface area contributed by atoms with E-state index in [1.165, 1.54) is 0 Å². The number of nitrogens with one attached hydrogen (secondary N) is 1. The summed E-state index contributed by atoms with van der Waals surface area (Å²) in [7, 11) is 0. The number of aliphatic hydroxyl groups is 1. The van der Waals surface area contributed by atoms with Crippen molar-refractivity contribution in [3.05, 3.63) is 27.7 Å². The van der Waals surface area contributed by atoms with Crippen LogP contribution in [-0.2, 0) is 4.74 Å². The summed E-state index contributed by atoms with van der Waals surface area (Å²) >= 11 is 9.40. The van der Waals surface area contributed by atoms with E-state index in [0.29, 0.717) is 30.7 Å². The molecular weight excluding hydrogens is 318 g/mol. The number of halogens is 2. The zero-order valence-corrected chi connectivity index (χ0v) is 13.0. The SMILES string of the molecule is CC(C)COCC(O)CNc1ccc(Br)cc1Cl. The molecule has 0 aliphatic heterocycles. The van der Waals surface area contributed by atoms with Gasteiger partial charge in [-0.1, -0.05) is 41.4 Å². The molecule has 18 heavy (non-hydrogen) atoms. The average molecular weight is 337 g/mol. The Morgan fingerprint density at radius 2 is 2.11 bits per heavy atom. The van der Waals surface area contributed by atoms with Crippen molar-refractivity contribution < 1.29 is 9.84 Å². The number of aliphatic hydroxyl groups excluding tert-OH is 1. The zero-order chi connectivity index (χ0) is 13.5. The summed E-state index contributed by atoms with van der Waals surface area (Å²) < 4.78 is 6.29. The molecule has 0 aliphatic rings. The molecule has 1 aromatic rings. The Morgan fingerprint density at radius 1 is 1.39 bits per heavy atom. The molecule has 0 spiro atoms. The minimum atomic E-state index is -0.538. The highest BCUT2D eigenvalue weighted by Gasteiger charge is 2.06. The number of benzene rings is 1. The molecule has 1 aromatic carbocycles. The maximum atomic E-state index is 9.73. The number of ether oxygens (including phenoxy) is 1. The molecule has 0 aliphatic carbocycles. The smallest absolute Gasteiger partial charge is 0.0945 e. The van der Waals surface area contributed by atoms with Crippen LogP contribution in [0.2, 0.25) is 5.02 Å². The topological polar surface area (TPSA) is 41.5 Å². The van der Waals surface area contributed by atoms with E-state index in [-0.39, 0.29) is 0 Å². The number of hydrogen-bond donors (Lipinski definition) is 2. The summed E-state index contributed by atoms with van der Waals surface area (Å²) in [4.78, 5) is 0. The van der Waals surface area contributed by atoms with E-state index in [1.807, 2.05) is 18.2 Å². The highest BCUT2D eigenvalue weighted by molar-refractivity contribution is 9.10. The fraction of sp³-hybridized carbons (Fsp3) is 0.538. The molecule has 0 saturated carbocycles. The van der Waals surface area contributed by atoms with Gasteiger partial charge < -0.3 is 15.2 Å². The largest absolute Gasteiger partial charge is 0.389 e. The van der Waals surface area contributed by atoms with E-state index in [4.69, 9.17) is 16.3 Å². The highest BCUT2D eigenvalue weighted by Crippen LogP contribution is 2.25. The Labute approximate surface area is 122 Å². The third-order valence-corrected chi connectivity index (χ3v) is 3.03. The van der Waals surface area contributed by atoms with Gasteiger partial charge in [0.05, 0.1) is 23.4 Å². The Balaban J connectivity index is 2.31. The van der Waals surface area contributed by atoms with Gasteiger partial charge in [-0.2, -0.15) is 0 Å². The van der Waals surface area contributed by atoms with Crippen molar-refractivity contribution in [1.82, 2.24) is 0 Å². The lowest BCUT2D eigenvalue weighted by molar-refractivity contribution is 0.0318. The zero-order valence-electron chi connectivity index (χ0n) is 10.6. The predicted octanol–water partition coefficient (Wildman–Crippen LogP) is 3.55. The standard InChI is InChI=1S/C13H19BrClNO2/c1-9(2)7-18-8-11(17)6-16-13-4-3-10(14)5-12(13)15/h3-5,9,11,16-17H,6-8H2,1-2H3. The first kappa shape index (κ1) is 15.8. The fourth-order valence-corrected chi connectivity index (χ4v) is 2.10. The summed E-state index contributed by atoms with van der Waals surface area (Å²) in [6.45, 7) is 5.56. The molecule has 0 amide bonds. The molecule has 5 heteroatoms. The fourth-order valence-electron chi connectivity index (χ4n) is 1.36. The van der Waals surface area contributed by atoms with Crippen LogP contribution in [0, 0.1) is 5.92 Å². The van der Waals surface area contributed by atoms with Crippen molar-refractivity contribution in [2.75, 3.05) is 25.1 Å². The van der Waals surface area contributed by atoms with Crippen LogP contribution in [-0.4, -0.2) is 31.0 Å². The van der Waals surface area contributed by atoms with Crippen molar-refractivity contribution >= 4 is 33.2 Å². The molecule has 102 valence electrons. The van der Waals surface area contributed by atoms with Crippen molar-refractivity contribution in [1.29, 1.82) is 0 Å². The van der Waals surface area contributed by atoms with E-state index in [1.54, 1.807) is 0 Å². The summed E-state index contributed by atoms with van der Waals surface area (Å²) in [6, 6.07) is 5.58. The molecule has 1 rings (SSSR count). The van der Waals surface area contributed by atoms with Crippen LogP contribution in [0.3, 0.4) is 0 Å². The Hall–Kier alpha value is -0.290. The number of hydrogen-bond acceptors (Lipinski definition) is 3. The molecule has 0 heterocycles. The molecule has 0 fully saturated rings. The summed E-state index contributed by atoms with van der Waals surface area (Å²) in [5.41, 5.74) is 0.808. The Bertz CT molecular complexity index is 374. The second-order valence-corrected chi connectivity index (χ2v) is 5.91. The van der Waals surface area contributed by atoms with Gasteiger partial charge in [0, 0.05) is 17.6 Å². The van der Waals surface area contributed by atoms with E-state index in [0.717, 1.165) is 10.2 Å². The number of rotatable bonds is 7. The van der Waals surface area contributed by atoms with Gasteiger partial charge in [-0.15, -0.1) is 0 Å². The average Bonchev–Trinajstić information content (AvgIpc) is 2.27. The van der Waals surface area contributed by atoms with Gasteiger partial charge in [0.1, 0.15) is 0 Å². The highest BCUT2D eigenvalue weighted by atomic mass is 79.9. The maximum Gasteiger partial charge on any atom is 0.0945 e. The van der Waals surface area contributed by atoms with Gasteiger partial charge in [0.2, 0.25) is 0 Å². The monoisotopic (exact) mass is 335 g/mol. The van der Waals surface area contributed by atoms with E-state index < -0.39 is 6.10 Å². The van der Waals surface area contributed by atoms with Gasteiger partial charge >= 0.3 is 0 Å². The van der Waals surface area contributed by atoms with Gasteiger partial charge in [-0.3, -0.25) is 0 Å². The van der Waals surface area contributed by atoms with Gasteiger partial charge in [0.25, 0.3) is 0 Å². The molecule has 2 N–H and O–H groups in total. The van der Waals surface area contributed by atoms with Crippen LogP contribution >= 0.6 is 27.5 Å². The lowest BCUT2D eigenvalue weighted by atomic mass is 10.2. The van der Waals surface area contributed by atoms with Crippen molar-refractivity contribution in [2.24, 2.45) is 5.92 Å². The van der Waals surface area contributed by atoms with E-state index in [9.17, 15) is 5.11 Å². The molecular formula is C13H19BrClNO2. The Kier molecular flexibility index (Phi) is 7.00. The first-order chi connectivity index (χ1) is 8.49. The Morgan fingerprint density at radius 3 is 2.72 bits per heavy atom. The summed E-state index contributed by atoms with van der Waals surface area (Å²) in [6.07, 6.45) is -0.538. The van der Waals surface area contributed by atoms with Crippen LogP contribution < -0.4 is 5.32 Å². The van der Waals surface area contributed by atoms with Crippen LogP contribution in [0.15, 0.2) is 22.7 Å². The van der Waals surface area contributed by atoms with Crippen LogP contribution in [0.25, 0.3) is 0 Å². The predicted molar refractivity (Wildman–Crippen MR) is 79.3 cm³/mol. The molecule has 1 unspecified atom stereocenters. The van der Waals surface area contributed by atoms with Crippen LogP contribution in [0.1, 0.15) is 13.8 Å². The molecule has 0 aromatic heterocycles. The molecule has 0 bridgehead atoms. The van der Waals surface area contributed by atoms with Crippen molar-refractivity contribution in [3.8, 4) is 0 Å². The third kappa shape index (κ3) is 6.05. The first-order valence-electron chi connectivity index (χ1n) is 5.93. The molecule has 0 radical (unpaired) electrons. The second kappa shape index (κ2) is 8.00. The van der Waals surface area contributed by atoms with Crippen molar-refractivity contribution in [3.63, 3.8) is 0 Å². The quantitative estimate of drug-likeness (QED) is 0.800. The van der Waals surface area contributed by atoms with Gasteiger partial charge in [-0.25, -0.2) is 0 Å². The van der Waals surface area contributed by atoms with Crippen molar-refractivity contribution in [2.45, 2.75) is 20.0 Å². The third-order valence-electron chi connectivity index (χ3n) is 2.22. The minimum Gasteiger partial charge on any atom is -0.389 e. The first-order valence-corrected chi connectivity index (χ1v) is 7.11. The van der Waals surface area contributed by atoms with Gasteiger partial charge in [-0.05, 0) is 24.1 Å². The minimum absolute atomic E-state index is 0.333. The van der Waals surface area contributed by atoms with E-state index in [2.05, 4.69) is 35.1 Å². The van der Waals surface area contributed by atoms with Crippen LogP contribution in [0.5, 0.6) is 0 Å². The lowest BCUT2D eigenvalue weighted by Gasteiger charge is -2.15.